The number of benzene rings is 1. The SMILES string of the molecule is CN(C)NC(=O)C1(c2ccc(Cl)cc2)CC1. The fourth-order valence-electron chi connectivity index (χ4n) is 1.85. The van der Waals surface area contributed by atoms with E-state index in [-0.39, 0.29) is 11.3 Å². The van der Waals surface area contributed by atoms with E-state index < -0.39 is 0 Å². The molecule has 0 aromatic heterocycles. The first-order chi connectivity index (χ1) is 7.54. The maximum absolute atomic E-state index is 12.0. The number of halogens is 1. The molecule has 2 rings (SSSR count). The summed E-state index contributed by atoms with van der Waals surface area (Å²) in [5.41, 5.74) is 3.55. The largest absolute Gasteiger partial charge is 0.289 e. The number of hydrogen-bond donors (Lipinski definition) is 1. The van der Waals surface area contributed by atoms with E-state index in [9.17, 15) is 4.79 Å². The highest BCUT2D eigenvalue weighted by atomic mass is 35.5. The lowest BCUT2D eigenvalue weighted by molar-refractivity contribution is -0.127. The van der Waals surface area contributed by atoms with Gasteiger partial charge < -0.3 is 0 Å². The molecule has 0 unspecified atom stereocenters. The normalized spacial score (nSPS) is 17.2. The molecule has 1 aliphatic carbocycles. The Morgan fingerprint density at radius 2 is 1.88 bits per heavy atom. The maximum Gasteiger partial charge on any atom is 0.244 e. The summed E-state index contributed by atoms with van der Waals surface area (Å²) in [6.45, 7) is 0. The van der Waals surface area contributed by atoms with E-state index in [1.54, 1.807) is 5.01 Å². The summed E-state index contributed by atoms with van der Waals surface area (Å²) < 4.78 is 0. The highest BCUT2D eigenvalue weighted by molar-refractivity contribution is 6.30. The molecule has 1 amide bonds. The van der Waals surface area contributed by atoms with Crippen molar-refractivity contribution < 1.29 is 4.79 Å². The lowest BCUT2D eigenvalue weighted by Crippen LogP contribution is -2.42. The van der Waals surface area contributed by atoms with Crippen LogP contribution in [-0.2, 0) is 10.2 Å². The number of carbonyl (C=O) groups excluding carboxylic acids is 1. The van der Waals surface area contributed by atoms with Crippen molar-refractivity contribution in [3.8, 4) is 0 Å². The molecule has 0 heterocycles. The van der Waals surface area contributed by atoms with Gasteiger partial charge in [0.1, 0.15) is 0 Å². The topological polar surface area (TPSA) is 32.3 Å². The second-order valence-corrected chi connectivity index (χ2v) is 4.86. The Kier molecular flexibility index (Phi) is 2.91. The Balaban J connectivity index is 2.19. The van der Waals surface area contributed by atoms with Gasteiger partial charge in [0, 0.05) is 19.1 Å². The summed E-state index contributed by atoms with van der Waals surface area (Å²) in [5.74, 6) is 0.0693. The number of nitrogens with zero attached hydrogens (tertiary/aromatic N) is 1. The highest BCUT2D eigenvalue weighted by Gasteiger charge is 2.51. The first-order valence-corrected chi connectivity index (χ1v) is 5.67. The van der Waals surface area contributed by atoms with Gasteiger partial charge in [-0.25, -0.2) is 5.01 Å². The van der Waals surface area contributed by atoms with E-state index in [2.05, 4.69) is 5.43 Å². The van der Waals surface area contributed by atoms with Crippen molar-refractivity contribution in [2.45, 2.75) is 18.3 Å². The Morgan fingerprint density at radius 3 is 2.31 bits per heavy atom. The molecule has 1 aromatic rings. The molecule has 86 valence electrons. The third-order valence-electron chi connectivity index (χ3n) is 2.91. The van der Waals surface area contributed by atoms with E-state index in [4.69, 9.17) is 11.6 Å². The Bertz CT molecular complexity index is 396. The third-order valence-corrected chi connectivity index (χ3v) is 3.16. The van der Waals surface area contributed by atoms with Crippen LogP contribution in [0.1, 0.15) is 18.4 Å². The number of carbonyl (C=O) groups is 1. The Labute approximate surface area is 100 Å². The van der Waals surface area contributed by atoms with E-state index >= 15 is 0 Å². The van der Waals surface area contributed by atoms with Gasteiger partial charge in [-0.1, -0.05) is 23.7 Å². The minimum Gasteiger partial charge on any atom is -0.289 e. The molecule has 0 spiro atoms. The molecule has 1 aromatic carbocycles. The third kappa shape index (κ3) is 2.06. The van der Waals surface area contributed by atoms with Gasteiger partial charge in [0.15, 0.2) is 0 Å². The fraction of sp³-hybridized carbons (Fsp3) is 0.417. The smallest absolute Gasteiger partial charge is 0.244 e. The van der Waals surface area contributed by atoms with Crippen molar-refractivity contribution in [2.24, 2.45) is 0 Å². The van der Waals surface area contributed by atoms with Gasteiger partial charge in [-0.05, 0) is 30.5 Å². The molecule has 3 nitrogen and oxygen atoms in total. The molecule has 1 aliphatic rings. The molecule has 0 bridgehead atoms. The van der Waals surface area contributed by atoms with Crippen molar-refractivity contribution in [1.29, 1.82) is 0 Å². The second kappa shape index (κ2) is 4.07. The van der Waals surface area contributed by atoms with Crippen molar-refractivity contribution in [2.75, 3.05) is 14.1 Å². The number of amides is 1. The second-order valence-electron chi connectivity index (χ2n) is 4.42. The predicted molar refractivity (Wildman–Crippen MR) is 64.2 cm³/mol. The van der Waals surface area contributed by atoms with Crippen LogP contribution in [0.3, 0.4) is 0 Å². The number of hydrogen-bond acceptors (Lipinski definition) is 2. The molecule has 1 N–H and O–H groups in total. The summed E-state index contributed by atoms with van der Waals surface area (Å²) in [6.07, 6.45) is 1.82. The van der Waals surface area contributed by atoms with Gasteiger partial charge in [-0.3, -0.25) is 10.2 Å². The highest BCUT2D eigenvalue weighted by Crippen LogP contribution is 2.48. The number of nitrogens with one attached hydrogen (secondary N) is 1. The quantitative estimate of drug-likeness (QED) is 0.817. The van der Waals surface area contributed by atoms with E-state index in [1.807, 2.05) is 38.4 Å². The molecule has 0 atom stereocenters. The van der Waals surface area contributed by atoms with Gasteiger partial charge in [0.05, 0.1) is 5.41 Å². The molecule has 0 aliphatic heterocycles. The zero-order valence-electron chi connectivity index (χ0n) is 9.46. The predicted octanol–water partition coefficient (Wildman–Crippen LogP) is 1.96. The summed E-state index contributed by atoms with van der Waals surface area (Å²) in [7, 11) is 3.63. The molecular formula is C12H15ClN2O. The van der Waals surface area contributed by atoms with Crippen molar-refractivity contribution in [3.63, 3.8) is 0 Å². The lowest BCUT2D eigenvalue weighted by Gasteiger charge is -2.19. The fourth-order valence-corrected chi connectivity index (χ4v) is 1.98. The van der Waals surface area contributed by atoms with Crippen molar-refractivity contribution in [3.05, 3.63) is 34.9 Å². The monoisotopic (exact) mass is 238 g/mol. The van der Waals surface area contributed by atoms with Crippen molar-refractivity contribution in [1.82, 2.24) is 10.4 Å². The zero-order valence-corrected chi connectivity index (χ0v) is 10.2. The van der Waals surface area contributed by atoms with Crippen LogP contribution in [0.5, 0.6) is 0 Å². The van der Waals surface area contributed by atoms with Crippen LogP contribution in [0.25, 0.3) is 0 Å². The minimum absolute atomic E-state index is 0.0693. The van der Waals surface area contributed by atoms with Gasteiger partial charge in [0.2, 0.25) is 5.91 Å². The molecule has 16 heavy (non-hydrogen) atoms. The van der Waals surface area contributed by atoms with Crippen LogP contribution in [-0.4, -0.2) is 25.0 Å². The van der Waals surface area contributed by atoms with Crippen LogP contribution in [0.15, 0.2) is 24.3 Å². The first kappa shape index (κ1) is 11.4. The van der Waals surface area contributed by atoms with Gasteiger partial charge in [-0.2, -0.15) is 0 Å². The van der Waals surface area contributed by atoms with Crippen LogP contribution >= 0.6 is 11.6 Å². The molecule has 1 saturated carbocycles. The van der Waals surface area contributed by atoms with Crippen LogP contribution in [0.2, 0.25) is 5.02 Å². The van der Waals surface area contributed by atoms with Gasteiger partial charge >= 0.3 is 0 Å². The summed E-state index contributed by atoms with van der Waals surface area (Å²) in [6, 6.07) is 7.54. The summed E-state index contributed by atoms with van der Waals surface area (Å²) in [4.78, 5) is 12.0. The van der Waals surface area contributed by atoms with E-state index in [0.29, 0.717) is 5.02 Å². The number of hydrazine groups is 1. The van der Waals surface area contributed by atoms with Gasteiger partial charge in [0.25, 0.3) is 0 Å². The van der Waals surface area contributed by atoms with Crippen LogP contribution < -0.4 is 5.43 Å². The minimum atomic E-state index is -0.325. The average Bonchev–Trinajstić information content (AvgIpc) is 2.98. The summed E-state index contributed by atoms with van der Waals surface area (Å²) >= 11 is 5.84. The molecule has 1 fully saturated rings. The zero-order chi connectivity index (χ0) is 11.8. The molecule has 0 radical (unpaired) electrons. The molecule has 0 saturated heterocycles. The molecular weight excluding hydrogens is 224 g/mol. The van der Waals surface area contributed by atoms with Crippen LogP contribution in [0.4, 0.5) is 0 Å². The van der Waals surface area contributed by atoms with E-state index in [1.165, 1.54) is 0 Å². The summed E-state index contributed by atoms with van der Waals surface area (Å²) in [5, 5.41) is 2.38. The Morgan fingerprint density at radius 1 is 1.31 bits per heavy atom. The lowest BCUT2D eigenvalue weighted by atomic mass is 9.95. The van der Waals surface area contributed by atoms with Crippen LogP contribution in [0, 0.1) is 0 Å². The average molecular weight is 239 g/mol. The Hall–Kier alpha value is -1.06. The van der Waals surface area contributed by atoms with Crippen molar-refractivity contribution >= 4 is 17.5 Å². The van der Waals surface area contributed by atoms with Gasteiger partial charge in [-0.15, -0.1) is 0 Å². The van der Waals surface area contributed by atoms with E-state index in [0.717, 1.165) is 18.4 Å². The standard InChI is InChI=1S/C12H15ClN2O/c1-15(2)14-11(16)12(7-8-12)9-3-5-10(13)6-4-9/h3-6H,7-8H2,1-2H3,(H,14,16). The molecule has 4 heteroatoms. The maximum atomic E-state index is 12.0. The first-order valence-electron chi connectivity index (χ1n) is 5.29. The number of rotatable bonds is 3.